The fourth-order valence-electron chi connectivity index (χ4n) is 1.52. The van der Waals surface area contributed by atoms with Gasteiger partial charge in [-0.15, -0.1) is 0 Å². The van der Waals surface area contributed by atoms with Gasteiger partial charge < -0.3 is 5.32 Å². The van der Waals surface area contributed by atoms with Crippen molar-refractivity contribution in [2.75, 3.05) is 5.32 Å². The first-order valence-corrected chi connectivity index (χ1v) is 6.47. The molecule has 1 aliphatic carbocycles. The monoisotopic (exact) mass is 362 g/mol. The molecule has 0 radical (unpaired) electrons. The number of nitrogens with zero attached hydrogens (tertiary/aromatic N) is 1. The topological polar surface area (TPSA) is 72.2 Å². The molecule has 90 valence electrons. The van der Waals surface area contributed by atoms with Crippen molar-refractivity contribution in [1.82, 2.24) is 0 Å². The summed E-state index contributed by atoms with van der Waals surface area (Å²) < 4.78 is 1.57. The van der Waals surface area contributed by atoms with Crippen LogP contribution in [0.15, 0.2) is 27.1 Å². The molecular weight excluding hydrogens is 356 g/mol. The van der Waals surface area contributed by atoms with Crippen LogP contribution in [0.5, 0.6) is 0 Å². The second kappa shape index (κ2) is 4.73. The van der Waals surface area contributed by atoms with Gasteiger partial charge in [0.05, 0.1) is 5.69 Å². The molecule has 1 N–H and O–H groups in total. The number of carbonyl (C=O) groups excluding carboxylic acids is 1. The number of hydrogen-bond donors (Lipinski definition) is 1. The van der Waals surface area contributed by atoms with Crippen LogP contribution in [0.2, 0.25) is 0 Å². The summed E-state index contributed by atoms with van der Waals surface area (Å²) in [6.07, 6.45) is 0.324. The maximum Gasteiger partial charge on any atom is 0.234 e. The molecule has 2 rings (SSSR count). The number of rotatable bonds is 3. The van der Waals surface area contributed by atoms with Gasteiger partial charge >= 0.3 is 0 Å². The summed E-state index contributed by atoms with van der Waals surface area (Å²) in [5.74, 6) is -0.804. The van der Waals surface area contributed by atoms with E-state index in [1.807, 2.05) is 6.07 Å². The van der Waals surface area contributed by atoms with Gasteiger partial charge in [0, 0.05) is 20.3 Å². The van der Waals surface area contributed by atoms with E-state index in [9.17, 15) is 14.9 Å². The molecule has 2 unspecified atom stereocenters. The van der Waals surface area contributed by atoms with Gasteiger partial charge in [0.1, 0.15) is 5.92 Å². The molecular formula is C10H8Br2N2O3. The van der Waals surface area contributed by atoms with Crippen molar-refractivity contribution >= 4 is 43.5 Å². The van der Waals surface area contributed by atoms with Crippen molar-refractivity contribution in [3.63, 3.8) is 0 Å². The Morgan fingerprint density at radius 2 is 2.18 bits per heavy atom. The number of nitrogens with one attached hydrogen (secondary N) is 1. The van der Waals surface area contributed by atoms with E-state index in [0.29, 0.717) is 12.1 Å². The van der Waals surface area contributed by atoms with E-state index in [2.05, 4.69) is 37.2 Å². The highest BCUT2D eigenvalue weighted by molar-refractivity contribution is 9.11. The Morgan fingerprint density at radius 1 is 1.47 bits per heavy atom. The molecule has 0 heterocycles. The summed E-state index contributed by atoms with van der Waals surface area (Å²) in [5, 5.41) is 13.1. The largest absolute Gasteiger partial charge is 0.325 e. The van der Waals surface area contributed by atoms with Crippen LogP contribution >= 0.6 is 31.9 Å². The van der Waals surface area contributed by atoms with Crippen LogP contribution in [0.3, 0.4) is 0 Å². The van der Waals surface area contributed by atoms with Crippen LogP contribution in [0.1, 0.15) is 6.42 Å². The number of hydrogen-bond acceptors (Lipinski definition) is 3. The van der Waals surface area contributed by atoms with Crippen LogP contribution in [-0.4, -0.2) is 16.9 Å². The maximum absolute atomic E-state index is 11.7. The zero-order valence-electron chi connectivity index (χ0n) is 8.52. The normalized spacial score (nSPS) is 22.0. The predicted molar refractivity (Wildman–Crippen MR) is 69.4 cm³/mol. The third-order valence-corrected chi connectivity index (χ3v) is 3.74. The van der Waals surface area contributed by atoms with Crippen molar-refractivity contribution in [1.29, 1.82) is 0 Å². The highest BCUT2D eigenvalue weighted by Gasteiger charge is 2.53. The summed E-state index contributed by atoms with van der Waals surface area (Å²) >= 11 is 6.60. The summed E-state index contributed by atoms with van der Waals surface area (Å²) in [4.78, 5) is 21.8. The van der Waals surface area contributed by atoms with Crippen molar-refractivity contribution in [2.45, 2.75) is 12.5 Å². The number of amides is 1. The SMILES string of the molecule is O=C(Nc1cc(Br)ccc1Br)C1CC1[N+](=O)[O-]. The van der Waals surface area contributed by atoms with Gasteiger partial charge in [0.2, 0.25) is 11.9 Å². The Labute approximate surface area is 114 Å². The standard InChI is InChI=1S/C10H8Br2N2O3/c11-5-1-2-7(12)8(3-5)13-10(15)6-4-9(6)14(16)17/h1-3,6,9H,4H2,(H,13,15). The van der Waals surface area contributed by atoms with Crippen LogP contribution in [0.4, 0.5) is 5.69 Å². The summed E-state index contributed by atoms with van der Waals surface area (Å²) in [7, 11) is 0. The lowest BCUT2D eigenvalue weighted by molar-refractivity contribution is -0.497. The van der Waals surface area contributed by atoms with Crippen molar-refractivity contribution in [2.24, 2.45) is 5.92 Å². The van der Waals surface area contributed by atoms with Gasteiger partial charge in [-0.2, -0.15) is 0 Å². The third-order valence-electron chi connectivity index (χ3n) is 2.55. The first-order valence-electron chi connectivity index (χ1n) is 4.88. The average Bonchev–Trinajstić information content (AvgIpc) is 3.03. The molecule has 1 aliphatic rings. The van der Waals surface area contributed by atoms with E-state index < -0.39 is 16.9 Å². The molecule has 0 bridgehead atoms. The third kappa shape index (κ3) is 2.84. The Balaban J connectivity index is 2.04. The number of nitro groups is 1. The fraction of sp³-hybridized carbons (Fsp3) is 0.300. The summed E-state index contributed by atoms with van der Waals surface area (Å²) in [5.41, 5.74) is 0.610. The Morgan fingerprint density at radius 3 is 2.76 bits per heavy atom. The first-order chi connectivity index (χ1) is 7.99. The quantitative estimate of drug-likeness (QED) is 0.662. The minimum atomic E-state index is -0.721. The predicted octanol–water partition coefficient (Wildman–Crippen LogP) is 2.82. The zero-order valence-corrected chi connectivity index (χ0v) is 11.7. The van der Waals surface area contributed by atoms with Gasteiger partial charge in [0.15, 0.2) is 0 Å². The van der Waals surface area contributed by atoms with E-state index >= 15 is 0 Å². The minimum Gasteiger partial charge on any atom is -0.325 e. The number of anilines is 1. The molecule has 0 aromatic heterocycles. The second-order valence-electron chi connectivity index (χ2n) is 3.81. The molecule has 0 spiro atoms. The molecule has 1 amide bonds. The molecule has 7 heteroatoms. The van der Waals surface area contributed by atoms with Gasteiger partial charge in [-0.25, -0.2) is 0 Å². The Hall–Kier alpha value is -0.950. The summed E-state index contributed by atoms with van der Waals surface area (Å²) in [6.45, 7) is 0. The second-order valence-corrected chi connectivity index (χ2v) is 5.58. The van der Waals surface area contributed by atoms with Crippen molar-refractivity contribution in [3.8, 4) is 0 Å². The van der Waals surface area contributed by atoms with Gasteiger partial charge in [0.25, 0.3) is 0 Å². The van der Waals surface area contributed by atoms with Crippen molar-refractivity contribution in [3.05, 3.63) is 37.3 Å². The van der Waals surface area contributed by atoms with Crippen LogP contribution < -0.4 is 5.32 Å². The van der Waals surface area contributed by atoms with Crippen LogP contribution in [-0.2, 0) is 4.79 Å². The van der Waals surface area contributed by atoms with Crippen LogP contribution in [0, 0.1) is 16.0 Å². The lowest BCUT2D eigenvalue weighted by atomic mass is 10.3. The van der Waals surface area contributed by atoms with Gasteiger partial charge in [-0.05, 0) is 34.1 Å². The zero-order chi connectivity index (χ0) is 12.6. The van der Waals surface area contributed by atoms with E-state index in [4.69, 9.17) is 0 Å². The van der Waals surface area contributed by atoms with Gasteiger partial charge in [-0.1, -0.05) is 15.9 Å². The molecule has 1 aromatic rings. The minimum absolute atomic E-state index is 0.300. The summed E-state index contributed by atoms with van der Waals surface area (Å²) in [6, 6.07) is 4.64. The molecule has 1 saturated carbocycles. The molecule has 5 nitrogen and oxygen atoms in total. The molecule has 0 aliphatic heterocycles. The molecule has 17 heavy (non-hydrogen) atoms. The smallest absolute Gasteiger partial charge is 0.234 e. The number of carbonyl (C=O) groups is 1. The molecule has 0 saturated heterocycles. The van der Waals surface area contributed by atoms with E-state index in [0.717, 1.165) is 8.95 Å². The highest BCUT2D eigenvalue weighted by Crippen LogP contribution is 2.35. The van der Waals surface area contributed by atoms with E-state index in [1.54, 1.807) is 12.1 Å². The Bertz CT molecular complexity index is 492. The van der Waals surface area contributed by atoms with Crippen molar-refractivity contribution < 1.29 is 9.72 Å². The molecule has 1 aromatic carbocycles. The highest BCUT2D eigenvalue weighted by atomic mass is 79.9. The average molecular weight is 364 g/mol. The molecule has 1 fully saturated rings. The van der Waals surface area contributed by atoms with Crippen LogP contribution in [0.25, 0.3) is 0 Å². The van der Waals surface area contributed by atoms with E-state index in [-0.39, 0.29) is 5.91 Å². The molecule has 2 atom stereocenters. The fourth-order valence-corrected chi connectivity index (χ4v) is 2.22. The first kappa shape index (κ1) is 12.5. The van der Waals surface area contributed by atoms with E-state index in [1.165, 1.54) is 0 Å². The Kier molecular flexibility index (Phi) is 3.48. The number of benzene rings is 1. The maximum atomic E-state index is 11.7. The lowest BCUT2D eigenvalue weighted by Crippen LogP contribution is -2.18. The number of halogens is 2. The lowest BCUT2D eigenvalue weighted by Gasteiger charge is -2.06. The van der Waals surface area contributed by atoms with Gasteiger partial charge in [-0.3, -0.25) is 14.9 Å².